The van der Waals surface area contributed by atoms with E-state index in [0.29, 0.717) is 42.2 Å². The van der Waals surface area contributed by atoms with Crippen molar-refractivity contribution >= 4 is 11.8 Å². The van der Waals surface area contributed by atoms with Gasteiger partial charge in [0.15, 0.2) is 18.1 Å². The fourth-order valence-corrected chi connectivity index (χ4v) is 4.04. The molecule has 0 aliphatic carbocycles. The molecule has 0 radical (unpaired) electrons. The number of benzene rings is 2. The van der Waals surface area contributed by atoms with Gasteiger partial charge >= 0.3 is 0 Å². The van der Waals surface area contributed by atoms with Gasteiger partial charge in [-0.1, -0.05) is 23.8 Å². The van der Waals surface area contributed by atoms with Gasteiger partial charge in [0.05, 0.1) is 6.07 Å². The van der Waals surface area contributed by atoms with Crippen molar-refractivity contribution in [3.63, 3.8) is 0 Å². The van der Waals surface area contributed by atoms with Crippen LogP contribution in [0.5, 0.6) is 17.2 Å². The van der Waals surface area contributed by atoms with E-state index in [9.17, 15) is 14.9 Å². The smallest absolute Gasteiger partial charge is 0.261 e. The summed E-state index contributed by atoms with van der Waals surface area (Å²) in [5.74, 6) is 1.19. The van der Waals surface area contributed by atoms with Crippen LogP contribution in [0.2, 0.25) is 0 Å². The summed E-state index contributed by atoms with van der Waals surface area (Å²) >= 11 is 0. The number of nitrogens with zero attached hydrogens (tertiary/aromatic N) is 2. The van der Waals surface area contributed by atoms with Crippen LogP contribution in [0.4, 0.5) is 0 Å². The molecule has 1 saturated heterocycles. The normalized spacial score (nSPS) is 17.5. The van der Waals surface area contributed by atoms with E-state index >= 15 is 0 Å². The largest absolute Gasteiger partial charge is 0.483 e. The van der Waals surface area contributed by atoms with Gasteiger partial charge in [-0.25, -0.2) is 0 Å². The van der Waals surface area contributed by atoms with Gasteiger partial charge in [0.1, 0.15) is 17.8 Å². The van der Waals surface area contributed by atoms with Gasteiger partial charge in [0.25, 0.3) is 5.91 Å². The van der Waals surface area contributed by atoms with Gasteiger partial charge in [0, 0.05) is 6.54 Å². The molecule has 166 valence electrons. The lowest BCUT2D eigenvalue weighted by molar-refractivity contribution is -0.140. The second-order valence-corrected chi connectivity index (χ2v) is 7.99. The van der Waals surface area contributed by atoms with Crippen LogP contribution in [0, 0.1) is 25.2 Å². The summed E-state index contributed by atoms with van der Waals surface area (Å²) in [4.78, 5) is 27.3. The molecule has 8 nitrogen and oxygen atoms in total. The number of nitriles is 1. The van der Waals surface area contributed by atoms with Crippen LogP contribution in [0.25, 0.3) is 0 Å². The number of carbonyl (C=O) groups excluding carboxylic acids is 2. The van der Waals surface area contributed by atoms with Crippen molar-refractivity contribution < 1.29 is 23.8 Å². The van der Waals surface area contributed by atoms with Crippen molar-refractivity contribution in [2.45, 2.75) is 38.8 Å². The zero-order chi connectivity index (χ0) is 22.7. The molecule has 0 aromatic heterocycles. The third-order valence-electron chi connectivity index (χ3n) is 5.70. The van der Waals surface area contributed by atoms with Crippen LogP contribution in [0.1, 0.15) is 35.6 Å². The fraction of sp³-hybridized carbons (Fsp3) is 0.375. The molecule has 2 amide bonds. The zero-order valence-corrected chi connectivity index (χ0v) is 18.1. The third-order valence-corrected chi connectivity index (χ3v) is 5.70. The Morgan fingerprint density at radius 2 is 2.03 bits per heavy atom. The number of fused-ring (bicyclic) bond motifs is 1. The molecular weight excluding hydrogens is 410 g/mol. The summed E-state index contributed by atoms with van der Waals surface area (Å²) in [6, 6.07) is 11.5. The Morgan fingerprint density at radius 3 is 2.81 bits per heavy atom. The average Bonchev–Trinajstić information content (AvgIpc) is 3.45. The topological polar surface area (TPSA) is 101 Å². The highest BCUT2D eigenvalue weighted by Gasteiger charge is 2.35. The summed E-state index contributed by atoms with van der Waals surface area (Å²) in [5.41, 5.74) is 2.67. The second-order valence-electron chi connectivity index (χ2n) is 7.99. The summed E-state index contributed by atoms with van der Waals surface area (Å²) in [6.45, 7) is 4.39. The molecule has 2 aliphatic rings. The summed E-state index contributed by atoms with van der Waals surface area (Å²) in [7, 11) is 0. The van der Waals surface area contributed by atoms with Gasteiger partial charge in [0.2, 0.25) is 12.7 Å². The van der Waals surface area contributed by atoms with Crippen molar-refractivity contribution in [1.29, 1.82) is 5.26 Å². The first-order valence-electron chi connectivity index (χ1n) is 10.6. The quantitative estimate of drug-likeness (QED) is 0.749. The van der Waals surface area contributed by atoms with E-state index in [4.69, 9.17) is 14.2 Å². The van der Waals surface area contributed by atoms with E-state index < -0.39 is 12.1 Å². The predicted molar refractivity (Wildman–Crippen MR) is 115 cm³/mol. The van der Waals surface area contributed by atoms with E-state index in [2.05, 4.69) is 11.4 Å². The first-order valence-corrected chi connectivity index (χ1v) is 10.6. The van der Waals surface area contributed by atoms with Crippen LogP contribution in [-0.4, -0.2) is 42.7 Å². The Morgan fingerprint density at radius 1 is 1.22 bits per heavy atom. The highest BCUT2D eigenvalue weighted by atomic mass is 16.7. The molecule has 2 heterocycles. The lowest BCUT2D eigenvalue weighted by Gasteiger charge is -2.25. The Labute approximate surface area is 186 Å². The Kier molecular flexibility index (Phi) is 6.17. The van der Waals surface area contributed by atoms with Crippen molar-refractivity contribution in [2.75, 3.05) is 19.9 Å². The maximum Gasteiger partial charge on any atom is 0.261 e. The number of hydrogen-bond acceptors (Lipinski definition) is 6. The minimum atomic E-state index is -0.860. The van der Waals surface area contributed by atoms with E-state index in [1.54, 1.807) is 18.2 Å². The van der Waals surface area contributed by atoms with Gasteiger partial charge in [-0.3, -0.25) is 9.59 Å². The molecular formula is C24H25N3O5. The number of ether oxygens (including phenoxy) is 3. The number of amides is 2. The third kappa shape index (κ3) is 4.47. The minimum absolute atomic E-state index is 0.131. The number of carbonyl (C=O) groups is 2. The summed E-state index contributed by atoms with van der Waals surface area (Å²) in [6.07, 6.45) is 1.26. The SMILES string of the molecule is Cc1ccc(OCC(=O)N2CCC[C@H]2C(=O)NC(C#N)c2ccc3c(c2)OCO3)c(C)c1. The van der Waals surface area contributed by atoms with Crippen LogP contribution >= 0.6 is 0 Å². The molecule has 1 N–H and O–H groups in total. The number of likely N-dealkylation sites (tertiary alicyclic amines) is 1. The van der Waals surface area contributed by atoms with E-state index in [1.807, 2.05) is 32.0 Å². The molecule has 1 fully saturated rings. The predicted octanol–water partition coefficient (Wildman–Crippen LogP) is 2.78. The Balaban J connectivity index is 1.39. The van der Waals surface area contributed by atoms with Crippen LogP contribution in [0.15, 0.2) is 36.4 Å². The molecule has 2 atom stereocenters. The van der Waals surface area contributed by atoms with Gasteiger partial charge in [-0.2, -0.15) is 5.26 Å². The molecule has 4 rings (SSSR count). The van der Waals surface area contributed by atoms with Crippen molar-refractivity contribution in [3.05, 3.63) is 53.1 Å². The standard InChI is InChI=1S/C24H25N3O5/c1-15-5-7-20(16(2)10-15)30-13-23(28)27-9-3-4-19(27)24(29)26-18(12-25)17-6-8-21-22(11-17)32-14-31-21/h5-8,10-11,18-19H,3-4,9,13-14H2,1-2H3,(H,26,29)/t18?,19-/m0/s1. The van der Waals surface area contributed by atoms with Crippen LogP contribution < -0.4 is 19.5 Å². The van der Waals surface area contributed by atoms with E-state index in [1.165, 1.54) is 4.90 Å². The van der Waals surface area contributed by atoms with Gasteiger partial charge in [-0.05, 0) is 56.0 Å². The number of hydrogen-bond donors (Lipinski definition) is 1. The lowest BCUT2D eigenvalue weighted by atomic mass is 10.1. The molecule has 2 aromatic carbocycles. The molecule has 1 unspecified atom stereocenters. The molecule has 32 heavy (non-hydrogen) atoms. The van der Waals surface area contributed by atoms with Gasteiger partial charge in [-0.15, -0.1) is 0 Å². The summed E-state index contributed by atoms with van der Waals surface area (Å²) in [5, 5.41) is 12.4. The average molecular weight is 435 g/mol. The first-order chi connectivity index (χ1) is 15.5. The van der Waals surface area contributed by atoms with E-state index in [-0.39, 0.29) is 25.2 Å². The minimum Gasteiger partial charge on any atom is -0.483 e. The Hall–Kier alpha value is -3.73. The maximum absolute atomic E-state index is 12.9. The molecule has 8 heteroatoms. The molecule has 2 aromatic rings. The number of aryl methyl sites for hydroxylation is 2. The highest BCUT2D eigenvalue weighted by Crippen LogP contribution is 2.34. The van der Waals surface area contributed by atoms with Crippen molar-refractivity contribution in [1.82, 2.24) is 10.2 Å². The first kappa shape index (κ1) is 21.5. The van der Waals surface area contributed by atoms with Crippen molar-refractivity contribution in [3.8, 4) is 23.3 Å². The monoisotopic (exact) mass is 435 g/mol. The van der Waals surface area contributed by atoms with Crippen LogP contribution in [0.3, 0.4) is 0 Å². The summed E-state index contributed by atoms with van der Waals surface area (Å²) < 4.78 is 16.4. The van der Waals surface area contributed by atoms with Gasteiger partial charge < -0.3 is 24.4 Å². The zero-order valence-electron chi connectivity index (χ0n) is 18.1. The van der Waals surface area contributed by atoms with Crippen molar-refractivity contribution in [2.24, 2.45) is 0 Å². The second kappa shape index (κ2) is 9.18. The van der Waals surface area contributed by atoms with E-state index in [0.717, 1.165) is 11.1 Å². The molecule has 2 aliphatic heterocycles. The highest BCUT2D eigenvalue weighted by molar-refractivity contribution is 5.89. The maximum atomic E-state index is 12.9. The van der Waals surface area contributed by atoms with Crippen LogP contribution in [-0.2, 0) is 9.59 Å². The number of rotatable bonds is 6. The molecule has 0 bridgehead atoms. The lowest BCUT2D eigenvalue weighted by Crippen LogP contribution is -2.48. The fourth-order valence-electron chi connectivity index (χ4n) is 4.04. The number of nitrogens with one attached hydrogen (secondary N) is 1. The molecule has 0 spiro atoms. The molecule has 0 saturated carbocycles. The Bertz CT molecular complexity index is 1080.